The van der Waals surface area contributed by atoms with Crippen molar-refractivity contribution in [3.63, 3.8) is 0 Å². The average molecular weight is 485 g/mol. The van der Waals surface area contributed by atoms with Gasteiger partial charge in [0.2, 0.25) is 5.16 Å². The van der Waals surface area contributed by atoms with Gasteiger partial charge in [0.15, 0.2) is 11.6 Å². The molecule has 0 saturated carbocycles. The van der Waals surface area contributed by atoms with Crippen molar-refractivity contribution in [3.05, 3.63) is 81.8 Å². The van der Waals surface area contributed by atoms with Crippen LogP contribution < -0.4 is 0 Å². The lowest BCUT2D eigenvalue weighted by atomic mass is 10.2. The van der Waals surface area contributed by atoms with E-state index in [1.165, 1.54) is 23.9 Å². The molecule has 0 aliphatic heterocycles. The molecule has 0 atom stereocenters. The summed E-state index contributed by atoms with van der Waals surface area (Å²) in [6.07, 6.45) is 0. The highest BCUT2D eigenvalue weighted by molar-refractivity contribution is 9.10. The maximum atomic E-state index is 13.2. The molecule has 0 spiro atoms. The first-order chi connectivity index (χ1) is 14.4. The third-order valence-electron chi connectivity index (χ3n) is 4.74. The number of aromatic amines is 1. The third kappa shape index (κ3) is 4.11. The van der Waals surface area contributed by atoms with Gasteiger partial charge in [-0.2, -0.15) is 0 Å². The third-order valence-corrected chi connectivity index (χ3v) is 6.28. The molecule has 30 heavy (non-hydrogen) atoms. The second kappa shape index (κ2) is 8.57. The number of Topliss-reactive ketones (excluding diaryl/α,β-unsaturated/α-hetero) is 1. The lowest BCUT2D eigenvalue weighted by Gasteiger charge is -2.09. The number of halogens is 2. The zero-order valence-electron chi connectivity index (χ0n) is 16.3. The molecule has 0 unspecified atom stereocenters. The maximum absolute atomic E-state index is 13.2. The summed E-state index contributed by atoms with van der Waals surface area (Å²) in [7, 11) is 0. The van der Waals surface area contributed by atoms with Crippen molar-refractivity contribution in [1.29, 1.82) is 0 Å². The number of carbonyl (C=O) groups is 1. The number of rotatable bonds is 6. The Labute approximate surface area is 185 Å². The molecule has 0 saturated heterocycles. The molecule has 2 heterocycles. The van der Waals surface area contributed by atoms with Gasteiger partial charge in [0, 0.05) is 32.7 Å². The summed E-state index contributed by atoms with van der Waals surface area (Å²) in [6.45, 7) is 3.83. The van der Waals surface area contributed by atoms with Crippen LogP contribution in [0.1, 0.15) is 21.7 Å². The SMILES string of the molecule is Cc1cc(C(=O)CSc2n[nH]c(-c3ccccc3Br)n2)c(C)n1-c1ccc(F)cc1. The standard InChI is InChI=1S/C22H18BrFN4OS/c1-13-11-18(14(2)28(13)16-9-7-15(24)8-10-16)20(29)12-30-22-25-21(26-27-22)17-5-3-4-6-19(17)23/h3-11H,12H2,1-2H3,(H,25,26,27). The second-order valence-corrected chi connectivity index (χ2v) is 8.55. The van der Waals surface area contributed by atoms with Crippen LogP contribution in [0.3, 0.4) is 0 Å². The zero-order valence-corrected chi connectivity index (χ0v) is 18.7. The first-order valence-electron chi connectivity index (χ1n) is 9.22. The van der Waals surface area contributed by atoms with Gasteiger partial charge in [-0.15, -0.1) is 5.10 Å². The van der Waals surface area contributed by atoms with Crippen molar-refractivity contribution in [2.75, 3.05) is 5.75 Å². The number of hydrogen-bond donors (Lipinski definition) is 1. The summed E-state index contributed by atoms with van der Waals surface area (Å²) < 4.78 is 16.1. The van der Waals surface area contributed by atoms with Gasteiger partial charge in [-0.1, -0.05) is 45.9 Å². The van der Waals surface area contributed by atoms with Crippen LogP contribution in [0.2, 0.25) is 0 Å². The molecule has 5 nitrogen and oxygen atoms in total. The van der Waals surface area contributed by atoms with E-state index in [1.54, 1.807) is 12.1 Å². The summed E-state index contributed by atoms with van der Waals surface area (Å²) >= 11 is 4.79. The number of nitrogens with zero attached hydrogens (tertiary/aromatic N) is 3. The van der Waals surface area contributed by atoms with E-state index in [9.17, 15) is 9.18 Å². The molecule has 0 amide bonds. The van der Waals surface area contributed by atoms with Crippen LogP contribution in [-0.4, -0.2) is 31.3 Å². The summed E-state index contributed by atoms with van der Waals surface area (Å²) in [5.74, 6) is 0.573. The molecule has 2 aromatic carbocycles. The molecule has 0 fully saturated rings. The highest BCUT2D eigenvalue weighted by Crippen LogP contribution is 2.27. The van der Waals surface area contributed by atoms with Crippen molar-refractivity contribution in [1.82, 2.24) is 19.7 Å². The van der Waals surface area contributed by atoms with Crippen LogP contribution in [0.25, 0.3) is 17.1 Å². The fraction of sp³-hybridized carbons (Fsp3) is 0.136. The summed E-state index contributed by atoms with van der Waals surface area (Å²) in [5.41, 5.74) is 4.12. The number of thioether (sulfide) groups is 1. The Hall–Kier alpha value is -2.71. The van der Waals surface area contributed by atoms with E-state index in [2.05, 4.69) is 31.1 Å². The van der Waals surface area contributed by atoms with E-state index in [0.29, 0.717) is 16.5 Å². The van der Waals surface area contributed by atoms with Crippen molar-refractivity contribution in [3.8, 4) is 17.1 Å². The Kier molecular flexibility index (Phi) is 5.87. The number of carbonyl (C=O) groups excluding carboxylic acids is 1. The zero-order chi connectivity index (χ0) is 21.3. The van der Waals surface area contributed by atoms with Gasteiger partial charge < -0.3 is 4.57 Å². The molecule has 0 bridgehead atoms. The fourth-order valence-electron chi connectivity index (χ4n) is 3.33. The lowest BCUT2D eigenvalue weighted by molar-refractivity contribution is 0.102. The van der Waals surface area contributed by atoms with Crippen LogP contribution in [0, 0.1) is 19.7 Å². The van der Waals surface area contributed by atoms with Crippen LogP contribution in [0.15, 0.2) is 64.2 Å². The molecule has 8 heteroatoms. The van der Waals surface area contributed by atoms with Crippen molar-refractivity contribution in [2.45, 2.75) is 19.0 Å². The maximum Gasteiger partial charge on any atom is 0.209 e. The largest absolute Gasteiger partial charge is 0.318 e. The second-order valence-electron chi connectivity index (χ2n) is 6.75. The fourth-order valence-corrected chi connectivity index (χ4v) is 4.48. The van der Waals surface area contributed by atoms with E-state index in [4.69, 9.17) is 0 Å². The van der Waals surface area contributed by atoms with Gasteiger partial charge in [-0.25, -0.2) is 9.37 Å². The quantitative estimate of drug-likeness (QED) is 0.279. The van der Waals surface area contributed by atoms with Crippen molar-refractivity contribution < 1.29 is 9.18 Å². The summed E-state index contributed by atoms with van der Waals surface area (Å²) in [5, 5.41) is 7.65. The van der Waals surface area contributed by atoms with Crippen molar-refractivity contribution >= 4 is 33.5 Å². The Balaban J connectivity index is 1.50. The number of benzene rings is 2. The van der Waals surface area contributed by atoms with Gasteiger partial charge in [-0.05, 0) is 50.2 Å². The number of ketones is 1. The molecule has 1 N–H and O–H groups in total. The number of aromatic nitrogens is 4. The molecule has 152 valence electrons. The molecule has 4 aromatic rings. The minimum absolute atomic E-state index is 0.00583. The molecule has 4 rings (SSSR count). The normalized spacial score (nSPS) is 11.1. The van der Waals surface area contributed by atoms with Gasteiger partial charge in [0.25, 0.3) is 0 Å². The molecule has 2 aromatic heterocycles. The predicted octanol–water partition coefficient (Wildman–Crippen LogP) is 5.76. The van der Waals surface area contributed by atoms with E-state index in [1.807, 2.05) is 48.7 Å². The Morgan fingerprint density at radius 2 is 1.90 bits per heavy atom. The topological polar surface area (TPSA) is 63.6 Å². The van der Waals surface area contributed by atoms with E-state index >= 15 is 0 Å². The Morgan fingerprint density at radius 3 is 2.63 bits per heavy atom. The molecule has 0 aliphatic rings. The minimum Gasteiger partial charge on any atom is -0.318 e. The Morgan fingerprint density at radius 1 is 1.17 bits per heavy atom. The molecule has 0 aliphatic carbocycles. The van der Waals surface area contributed by atoms with Crippen LogP contribution in [0.4, 0.5) is 4.39 Å². The van der Waals surface area contributed by atoms with Crippen LogP contribution in [0.5, 0.6) is 0 Å². The summed E-state index contributed by atoms with van der Waals surface area (Å²) in [6, 6.07) is 15.8. The van der Waals surface area contributed by atoms with Crippen LogP contribution in [-0.2, 0) is 0 Å². The first kappa shape index (κ1) is 20.6. The number of H-pyrrole nitrogens is 1. The van der Waals surface area contributed by atoms with Gasteiger partial charge in [0.05, 0.1) is 5.75 Å². The highest BCUT2D eigenvalue weighted by Gasteiger charge is 2.18. The monoisotopic (exact) mass is 484 g/mol. The smallest absolute Gasteiger partial charge is 0.209 e. The molecular formula is C22H18BrFN4OS. The lowest BCUT2D eigenvalue weighted by Crippen LogP contribution is -2.05. The number of nitrogens with one attached hydrogen (secondary N) is 1. The average Bonchev–Trinajstić information content (AvgIpc) is 3.32. The Bertz CT molecular complexity index is 1220. The number of hydrogen-bond acceptors (Lipinski definition) is 4. The molecule has 0 radical (unpaired) electrons. The molecular weight excluding hydrogens is 467 g/mol. The van der Waals surface area contributed by atoms with Gasteiger partial charge in [-0.3, -0.25) is 9.89 Å². The van der Waals surface area contributed by atoms with Gasteiger partial charge >= 0.3 is 0 Å². The van der Waals surface area contributed by atoms with Crippen LogP contribution >= 0.6 is 27.7 Å². The van der Waals surface area contributed by atoms with E-state index in [0.717, 1.165) is 27.1 Å². The number of aryl methyl sites for hydroxylation is 1. The first-order valence-corrected chi connectivity index (χ1v) is 11.0. The van der Waals surface area contributed by atoms with Crippen molar-refractivity contribution in [2.24, 2.45) is 0 Å². The van der Waals surface area contributed by atoms with E-state index < -0.39 is 0 Å². The minimum atomic E-state index is -0.290. The summed E-state index contributed by atoms with van der Waals surface area (Å²) in [4.78, 5) is 17.3. The van der Waals surface area contributed by atoms with Gasteiger partial charge in [0.1, 0.15) is 5.82 Å². The highest BCUT2D eigenvalue weighted by atomic mass is 79.9. The predicted molar refractivity (Wildman–Crippen MR) is 120 cm³/mol. The van der Waals surface area contributed by atoms with E-state index in [-0.39, 0.29) is 17.4 Å².